The molecule has 0 saturated carbocycles. The second kappa shape index (κ2) is 9.40. The van der Waals surface area contributed by atoms with Crippen LogP contribution in [-0.2, 0) is 17.4 Å². The molecular weight excluding hydrogens is 466 g/mol. The van der Waals surface area contributed by atoms with Crippen LogP contribution in [0.2, 0.25) is 0 Å². The number of hydrogen-bond acceptors (Lipinski definition) is 3. The van der Waals surface area contributed by atoms with Crippen molar-refractivity contribution in [2.45, 2.75) is 58.9 Å². The van der Waals surface area contributed by atoms with Gasteiger partial charge in [-0.1, -0.05) is 108 Å². The molecule has 5 rings (SSSR count). The van der Waals surface area contributed by atoms with E-state index in [1.165, 1.54) is 5.56 Å². The number of hydrogen-bond donors (Lipinski definition) is 3. The van der Waals surface area contributed by atoms with Gasteiger partial charge in [-0.15, -0.1) is 0 Å². The standard InChI is InChI=1S/C35H37NO2/c1-34(2,3)25-19-24(33(38)28(20-25)35(4,5)6)21-36-29-17-15-22-11-7-9-13-26(22)31(29)32-27-14-10-8-12-23(27)16-18-30(32)37/h7-20,36-38H,21H2,1-6H3. The van der Waals surface area contributed by atoms with E-state index < -0.39 is 0 Å². The summed E-state index contributed by atoms with van der Waals surface area (Å²) in [5, 5.41) is 30.4. The average molecular weight is 504 g/mol. The number of benzene rings is 5. The van der Waals surface area contributed by atoms with Gasteiger partial charge in [-0.3, -0.25) is 0 Å². The Labute approximate surface area is 225 Å². The third-order valence-corrected chi connectivity index (χ3v) is 7.42. The van der Waals surface area contributed by atoms with Crippen LogP contribution < -0.4 is 5.32 Å². The number of phenols is 2. The lowest BCUT2D eigenvalue weighted by atomic mass is 9.79. The summed E-state index contributed by atoms with van der Waals surface area (Å²) < 4.78 is 0. The molecule has 0 unspecified atom stereocenters. The molecular formula is C35H37NO2. The van der Waals surface area contributed by atoms with Crippen molar-refractivity contribution in [3.63, 3.8) is 0 Å². The van der Waals surface area contributed by atoms with Crippen LogP contribution in [0.1, 0.15) is 58.2 Å². The molecule has 0 spiro atoms. The molecule has 0 aromatic heterocycles. The van der Waals surface area contributed by atoms with Crippen LogP contribution in [0.4, 0.5) is 5.69 Å². The first-order valence-corrected chi connectivity index (χ1v) is 13.3. The highest BCUT2D eigenvalue weighted by Crippen LogP contribution is 2.44. The Balaban J connectivity index is 1.68. The molecule has 0 bridgehead atoms. The lowest BCUT2D eigenvalue weighted by Crippen LogP contribution is -2.18. The van der Waals surface area contributed by atoms with Crippen molar-refractivity contribution in [2.24, 2.45) is 0 Å². The molecule has 0 aliphatic heterocycles. The SMILES string of the molecule is CC(C)(C)c1cc(CNc2ccc3ccccc3c2-c2c(O)ccc3ccccc23)c(O)c(C(C)(C)C)c1. The third-order valence-electron chi connectivity index (χ3n) is 7.42. The van der Waals surface area contributed by atoms with Gasteiger partial charge in [0.05, 0.1) is 0 Å². The largest absolute Gasteiger partial charge is 0.507 e. The zero-order chi connectivity index (χ0) is 27.2. The fraction of sp³-hybridized carbons (Fsp3) is 0.257. The summed E-state index contributed by atoms with van der Waals surface area (Å²) in [6, 6.07) is 28.6. The number of rotatable bonds is 4. The summed E-state index contributed by atoms with van der Waals surface area (Å²) in [5.74, 6) is 0.587. The second-order valence-corrected chi connectivity index (χ2v) is 12.3. The van der Waals surface area contributed by atoms with Gasteiger partial charge in [-0.2, -0.15) is 0 Å². The summed E-state index contributed by atoms with van der Waals surface area (Å²) in [5.41, 5.74) is 5.45. The predicted octanol–water partition coefficient (Wildman–Crippen LogP) is 9.28. The topological polar surface area (TPSA) is 52.5 Å². The summed E-state index contributed by atoms with van der Waals surface area (Å²) in [6.45, 7) is 13.5. The van der Waals surface area contributed by atoms with Gasteiger partial charge in [0.15, 0.2) is 0 Å². The molecule has 3 nitrogen and oxygen atoms in total. The maximum Gasteiger partial charge on any atom is 0.124 e. The van der Waals surface area contributed by atoms with E-state index in [-0.39, 0.29) is 16.6 Å². The van der Waals surface area contributed by atoms with Crippen molar-refractivity contribution < 1.29 is 10.2 Å². The molecule has 194 valence electrons. The van der Waals surface area contributed by atoms with E-state index in [2.05, 4.69) is 95.4 Å². The lowest BCUT2D eigenvalue weighted by Gasteiger charge is -2.28. The Morgan fingerprint density at radius 3 is 1.82 bits per heavy atom. The second-order valence-electron chi connectivity index (χ2n) is 12.3. The number of anilines is 1. The first-order chi connectivity index (χ1) is 17.9. The fourth-order valence-corrected chi connectivity index (χ4v) is 5.24. The van der Waals surface area contributed by atoms with Crippen molar-refractivity contribution in [3.8, 4) is 22.6 Å². The normalized spacial score (nSPS) is 12.3. The maximum absolute atomic E-state index is 11.4. The molecule has 0 aliphatic carbocycles. The summed E-state index contributed by atoms with van der Waals surface area (Å²) in [6.07, 6.45) is 0. The smallest absolute Gasteiger partial charge is 0.124 e. The minimum atomic E-state index is -0.192. The molecule has 5 aromatic carbocycles. The zero-order valence-electron chi connectivity index (χ0n) is 23.2. The molecule has 0 fully saturated rings. The molecule has 3 N–H and O–H groups in total. The Bertz CT molecular complexity index is 1650. The van der Waals surface area contributed by atoms with Crippen molar-refractivity contribution in [3.05, 3.63) is 102 Å². The molecule has 5 aromatic rings. The van der Waals surface area contributed by atoms with E-state index in [1.54, 1.807) is 6.07 Å². The van der Waals surface area contributed by atoms with E-state index in [4.69, 9.17) is 0 Å². The highest BCUT2D eigenvalue weighted by Gasteiger charge is 2.25. The molecule has 0 heterocycles. The van der Waals surface area contributed by atoms with E-state index in [0.717, 1.165) is 49.5 Å². The van der Waals surface area contributed by atoms with Crippen LogP contribution in [0.25, 0.3) is 32.7 Å². The van der Waals surface area contributed by atoms with Gasteiger partial charge in [0.25, 0.3) is 0 Å². The van der Waals surface area contributed by atoms with Crippen molar-refractivity contribution in [1.29, 1.82) is 0 Å². The summed E-state index contributed by atoms with van der Waals surface area (Å²) in [4.78, 5) is 0. The van der Waals surface area contributed by atoms with Gasteiger partial charge in [-0.25, -0.2) is 0 Å². The Hall–Kier alpha value is -3.98. The van der Waals surface area contributed by atoms with Crippen molar-refractivity contribution in [1.82, 2.24) is 0 Å². The predicted molar refractivity (Wildman–Crippen MR) is 161 cm³/mol. The summed E-state index contributed by atoms with van der Waals surface area (Å²) in [7, 11) is 0. The average Bonchev–Trinajstić information content (AvgIpc) is 2.86. The molecule has 0 saturated heterocycles. The van der Waals surface area contributed by atoms with Crippen LogP contribution in [0, 0.1) is 0 Å². The first-order valence-electron chi connectivity index (χ1n) is 13.3. The first kappa shape index (κ1) is 25.7. The number of nitrogens with one attached hydrogen (secondary N) is 1. The zero-order valence-corrected chi connectivity index (χ0v) is 23.2. The van der Waals surface area contributed by atoms with E-state index in [1.807, 2.05) is 30.3 Å². The van der Waals surface area contributed by atoms with Crippen LogP contribution >= 0.6 is 0 Å². The highest BCUT2D eigenvalue weighted by molar-refractivity contribution is 6.11. The van der Waals surface area contributed by atoms with Gasteiger partial charge >= 0.3 is 0 Å². The lowest BCUT2D eigenvalue weighted by molar-refractivity contribution is 0.439. The van der Waals surface area contributed by atoms with Gasteiger partial charge < -0.3 is 15.5 Å². The minimum Gasteiger partial charge on any atom is -0.507 e. The van der Waals surface area contributed by atoms with Crippen molar-refractivity contribution >= 4 is 27.2 Å². The van der Waals surface area contributed by atoms with Crippen LogP contribution in [0.15, 0.2) is 84.9 Å². The van der Waals surface area contributed by atoms with Gasteiger partial charge in [-0.05, 0) is 61.7 Å². The van der Waals surface area contributed by atoms with Crippen LogP contribution in [0.5, 0.6) is 11.5 Å². The van der Waals surface area contributed by atoms with E-state index in [9.17, 15) is 10.2 Å². The molecule has 0 atom stereocenters. The molecule has 0 radical (unpaired) electrons. The maximum atomic E-state index is 11.4. The number of fused-ring (bicyclic) bond motifs is 2. The van der Waals surface area contributed by atoms with Crippen LogP contribution in [-0.4, -0.2) is 10.2 Å². The highest BCUT2D eigenvalue weighted by atomic mass is 16.3. The Morgan fingerprint density at radius 1 is 0.632 bits per heavy atom. The van der Waals surface area contributed by atoms with E-state index >= 15 is 0 Å². The van der Waals surface area contributed by atoms with Gasteiger partial charge in [0.2, 0.25) is 0 Å². The van der Waals surface area contributed by atoms with Gasteiger partial charge in [0.1, 0.15) is 11.5 Å². The summed E-state index contributed by atoms with van der Waals surface area (Å²) >= 11 is 0. The third kappa shape index (κ3) is 4.69. The van der Waals surface area contributed by atoms with Crippen LogP contribution in [0.3, 0.4) is 0 Å². The number of phenolic OH excluding ortho intramolecular Hbond substituents is 2. The fourth-order valence-electron chi connectivity index (χ4n) is 5.24. The number of aromatic hydroxyl groups is 2. The quantitative estimate of drug-likeness (QED) is 0.229. The minimum absolute atomic E-state index is 0.0503. The Morgan fingerprint density at radius 2 is 1.21 bits per heavy atom. The molecule has 3 heteroatoms. The monoisotopic (exact) mass is 503 g/mol. The van der Waals surface area contributed by atoms with E-state index in [0.29, 0.717) is 12.3 Å². The Kier molecular flexibility index (Phi) is 6.35. The van der Waals surface area contributed by atoms with Crippen molar-refractivity contribution in [2.75, 3.05) is 5.32 Å². The molecule has 0 aliphatic rings. The molecule has 38 heavy (non-hydrogen) atoms. The molecule has 0 amide bonds. The van der Waals surface area contributed by atoms with Gasteiger partial charge in [0, 0.05) is 28.9 Å².